The van der Waals surface area contributed by atoms with Crippen molar-refractivity contribution in [2.24, 2.45) is 0 Å². The van der Waals surface area contributed by atoms with E-state index in [0.29, 0.717) is 39.6 Å². The molecule has 36 heavy (non-hydrogen) atoms. The highest BCUT2D eigenvalue weighted by Crippen LogP contribution is 2.38. The van der Waals surface area contributed by atoms with Gasteiger partial charge in [0.15, 0.2) is 0 Å². The summed E-state index contributed by atoms with van der Waals surface area (Å²) >= 11 is 0. The molecule has 0 radical (unpaired) electrons. The van der Waals surface area contributed by atoms with E-state index in [1.165, 1.54) is 18.3 Å². The lowest BCUT2D eigenvalue weighted by Crippen LogP contribution is -2.32. The maximum Gasteiger partial charge on any atom is 0.261 e. The summed E-state index contributed by atoms with van der Waals surface area (Å²) < 4.78 is 15.3. The van der Waals surface area contributed by atoms with E-state index in [2.05, 4.69) is 21.0 Å². The van der Waals surface area contributed by atoms with E-state index in [4.69, 9.17) is 0 Å². The number of aromatic nitrogens is 2. The van der Waals surface area contributed by atoms with Gasteiger partial charge in [0.25, 0.3) is 11.8 Å². The number of anilines is 3. The Morgan fingerprint density at radius 2 is 1.58 bits per heavy atom. The smallest absolute Gasteiger partial charge is 0.261 e. The van der Waals surface area contributed by atoms with Crippen molar-refractivity contribution in [1.82, 2.24) is 9.78 Å². The minimum Gasteiger partial charge on any atom is -0.343 e. The van der Waals surface area contributed by atoms with Crippen LogP contribution < -0.4 is 16.0 Å². The predicted molar refractivity (Wildman–Crippen MR) is 137 cm³/mol. The molecule has 5 rings (SSSR count). The van der Waals surface area contributed by atoms with Crippen LogP contribution in [0.1, 0.15) is 34.5 Å². The first-order chi connectivity index (χ1) is 17.4. The number of benzene rings is 3. The summed E-state index contributed by atoms with van der Waals surface area (Å²) in [5.74, 6) is -0.601. The average molecular weight is 482 g/mol. The third-order valence-electron chi connectivity index (χ3n) is 6.01. The maximum atomic E-state index is 13.7. The van der Waals surface area contributed by atoms with E-state index in [1.54, 1.807) is 35.9 Å². The van der Waals surface area contributed by atoms with Crippen LogP contribution in [-0.4, -0.2) is 21.6 Å². The quantitative estimate of drug-likeness (QED) is 0.351. The molecule has 3 N–H and O–H groups in total. The zero-order chi connectivity index (χ0) is 25.2. The van der Waals surface area contributed by atoms with Crippen LogP contribution in [0.5, 0.6) is 0 Å². The van der Waals surface area contributed by atoms with Gasteiger partial charge in [-0.1, -0.05) is 42.5 Å². The van der Waals surface area contributed by atoms with Crippen LogP contribution in [0.4, 0.5) is 21.6 Å². The monoisotopic (exact) mass is 481 g/mol. The van der Waals surface area contributed by atoms with Gasteiger partial charge in [-0.25, -0.2) is 9.07 Å². The molecule has 1 aliphatic heterocycles. The fraction of sp³-hybridized carbons (Fsp3) is 0.107. The normalized spacial score (nSPS) is 14.6. The van der Waals surface area contributed by atoms with Gasteiger partial charge in [-0.2, -0.15) is 5.10 Å². The summed E-state index contributed by atoms with van der Waals surface area (Å²) in [6.45, 7) is 3.72. The van der Waals surface area contributed by atoms with Gasteiger partial charge in [-0.05, 0) is 61.4 Å². The molecule has 1 aliphatic rings. The Hall–Kier alpha value is -4.72. The zero-order valence-corrected chi connectivity index (χ0v) is 19.7. The van der Waals surface area contributed by atoms with Gasteiger partial charge in [0, 0.05) is 17.1 Å². The van der Waals surface area contributed by atoms with Crippen LogP contribution in [-0.2, 0) is 4.79 Å². The first-order valence-electron chi connectivity index (χ1n) is 11.5. The molecule has 8 heteroatoms. The fourth-order valence-electron chi connectivity index (χ4n) is 4.31. The minimum atomic E-state index is -0.675. The molecule has 0 fully saturated rings. The van der Waals surface area contributed by atoms with Gasteiger partial charge in [-0.3, -0.25) is 9.59 Å². The Kier molecular flexibility index (Phi) is 6.08. The summed E-state index contributed by atoms with van der Waals surface area (Å²) in [6.07, 6.45) is 1.47. The Balaban J connectivity index is 1.54. The lowest BCUT2D eigenvalue weighted by atomic mass is 9.94. The molecule has 1 unspecified atom stereocenters. The van der Waals surface area contributed by atoms with Crippen molar-refractivity contribution >= 4 is 29.0 Å². The summed E-state index contributed by atoms with van der Waals surface area (Å²) in [5.41, 5.74) is 4.29. The number of carbonyl (C=O) groups is 2. The molecule has 0 saturated heterocycles. The average Bonchev–Trinajstić information content (AvgIpc) is 3.28. The minimum absolute atomic E-state index is 0.325. The zero-order valence-electron chi connectivity index (χ0n) is 19.7. The Morgan fingerprint density at radius 1 is 0.889 bits per heavy atom. The number of halogens is 1. The van der Waals surface area contributed by atoms with E-state index in [9.17, 15) is 14.0 Å². The predicted octanol–water partition coefficient (Wildman–Crippen LogP) is 5.51. The van der Waals surface area contributed by atoms with Gasteiger partial charge in [0.1, 0.15) is 23.2 Å². The SMILES string of the molecule is CC1=C(C(=O)Nc2ccccc2)C(c2ccc(F)cc2)n2ncc(C(=O)Nc3cccc(C)c3)c2N1. The fourth-order valence-corrected chi connectivity index (χ4v) is 4.31. The molecule has 7 nitrogen and oxygen atoms in total. The standard InChI is InChI=1S/C28H24FN5O2/c1-17-7-6-10-22(15-17)33-27(35)23-16-30-34-25(19-11-13-20(29)14-12-19)24(18(2)31-26(23)34)28(36)32-21-8-4-3-5-9-21/h3-16,25,31H,1-2H3,(H,32,36)(H,33,35). The summed E-state index contributed by atoms with van der Waals surface area (Å²) in [4.78, 5) is 26.6. The molecule has 180 valence electrons. The van der Waals surface area contributed by atoms with Gasteiger partial charge in [-0.15, -0.1) is 0 Å². The third-order valence-corrected chi connectivity index (χ3v) is 6.01. The number of hydrogen-bond donors (Lipinski definition) is 3. The molecule has 2 heterocycles. The second-order valence-corrected chi connectivity index (χ2v) is 8.61. The van der Waals surface area contributed by atoms with Crippen molar-refractivity contribution in [1.29, 1.82) is 0 Å². The number of aryl methyl sites for hydroxylation is 1. The molecular formula is C28H24FN5O2. The van der Waals surface area contributed by atoms with Crippen LogP contribution in [0.2, 0.25) is 0 Å². The number of fused-ring (bicyclic) bond motifs is 1. The van der Waals surface area contributed by atoms with Gasteiger partial charge in [0.2, 0.25) is 0 Å². The van der Waals surface area contributed by atoms with Crippen LogP contribution in [0.25, 0.3) is 0 Å². The number of amides is 2. The number of carbonyl (C=O) groups excluding carboxylic acids is 2. The highest BCUT2D eigenvalue weighted by Gasteiger charge is 2.35. The molecule has 1 atom stereocenters. The molecule has 0 spiro atoms. The van der Waals surface area contributed by atoms with Crippen LogP contribution >= 0.6 is 0 Å². The summed E-state index contributed by atoms with van der Waals surface area (Å²) in [7, 11) is 0. The number of nitrogens with zero attached hydrogens (tertiary/aromatic N) is 2. The van der Waals surface area contributed by atoms with Gasteiger partial charge >= 0.3 is 0 Å². The van der Waals surface area contributed by atoms with Crippen LogP contribution in [0.15, 0.2) is 96.3 Å². The Labute approximate surface area is 207 Å². The lowest BCUT2D eigenvalue weighted by molar-refractivity contribution is -0.113. The highest BCUT2D eigenvalue weighted by molar-refractivity contribution is 6.09. The number of rotatable bonds is 5. The highest BCUT2D eigenvalue weighted by atomic mass is 19.1. The Morgan fingerprint density at radius 3 is 2.31 bits per heavy atom. The molecule has 4 aromatic rings. The topological polar surface area (TPSA) is 88.0 Å². The van der Waals surface area contributed by atoms with Gasteiger partial charge < -0.3 is 16.0 Å². The largest absolute Gasteiger partial charge is 0.343 e. The van der Waals surface area contributed by atoms with Crippen molar-refractivity contribution in [2.75, 3.05) is 16.0 Å². The van der Waals surface area contributed by atoms with Crippen molar-refractivity contribution in [3.8, 4) is 0 Å². The molecule has 3 aromatic carbocycles. The van der Waals surface area contributed by atoms with E-state index >= 15 is 0 Å². The molecule has 0 saturated carbocycles. The first-order valence-corrected chi connectivity index (χ1v) is 11.5. The van der Waals surface area contributed by atoms with E-state index in [-0.39, 0.29) is 17.6 Å². The van der Waals surface area contributed by atoms with Crippen molar-refractivity contribution in [3.63, 3.8) is 0 Å². The van der Waals surface area contributed by atoms with E-state index < -0.39 is 6.04 Å². The molecule has 0 bridgehead atoms. The lowest BCUT2D eigenvalue weighted by Gasteiger charge is -2.30. The van der Waals surface area contributed by atoms with Crippen LogP contribution in [0, 0.1) is 12.7 Å². The summed E-state index contributed by atoms with van der Waals surface area (Å²) in [5, 5.41) is 13.5. The number of hydrogen-bond acceptors (Lipinski definition) is 4. The number of para-hydroxylation sites is 1. The molecular weight excluding hydrogens is 457 g/mol. The number of nitrogens with one attached hydrogen (secondary N) is 3. The van der Waals surface area contributed by atoms with Crippen molar-refractivity contribution in [3.05, 3.63) is 119 Å². The second-order valence-electron chi connectivity index (χ2n) is 8.61. The Bertz CT molecular complexity index is 1480. The molecule has 1 aromatic heterocycles. The summed E-state index contributed by atoms with van der Waals surface area (Å²) in [6, 6.07) is 21.9. The van der Waals surface area contributed by atoms with Crippen LogP contribution in [0.3, 0.4) is 0 Å². The maximum absolute atomic E-state index is 13.7. The third kappa shape index (κ3) is 4.48. The van der Waals surface area contributed by atoms with E-state index in [1.807, 2.05) is 49.4 Å². The van der Waals surface area contributed by atoms with E-state index in [0.717, 1.165) is 5.56 Å². The first kappa shape index (κ1) is 23.0. The molecule has 2 amide bonds. The van der Waals surface area contributed by atoms with Gasteiger partial charge in [0.05, 0.1) is 11.8 Å². The number of allylic oxidation sites excluding steroid dienone is 1. The second kappa shape index (κ2) is 9.50. The molecule has 0 aliphatic carbocycles. The van der Waals surface area contributed by atoms with Crippen molar-refractivity contribution < 1.29 is 14.0 Å². The van der Waals surface area contributed by atoms with Crippen molar-refractivity contribution in [2.45, 2.75) is 19.9 Å².